The summed E-state index contributed by atoms with van der Waals surface area (Å²) in [7, 11) is 0. The van der Waals surface area contributed by atoms with Crippen LogP contribution in [-0.4, -0.2) is 22.8 Å². The molecule has 2 nitrogen and oxygen atoms in total. The quantitative estimate of drug-likeness (QED) is 0.352. The molecule has 0 aliphatic carbocycles. The van der Waals surface area contributed by atoms with Gasteiger partial charge in [-0.05, 0) is 0 Å². The number of pyridine rings is 1. The molecule has 0 saturated carbocycles. The Morgan fingerprint density at radius 3 is 1.91 bits per heavy atom. The zero-order valence-electron chi connectivity index (χ0n) is 17.4. The summed E-state index contributed by atoms with van der Waals surface area (Å²) in [5.41, 5.74) is 2.56. The molecular formula is C29H20GeN2. The van der Waals surface area contributed by atoms with Crippen molar-refractivity contribution in [1.82, 2.24) is 9.55 Å². The van der Waals surface area contributed by atoms with Crippen LogP contribution < -0.4 is 17.6 Å². The number of nitrogens with zero attached hydrogens (tertiary/aromatic N) is 2. The van der Waals surface area contributed by atoms with Gasteiger partial charge in [0.25, 0.3) is 0 Å². The molecule has 32 heavy (non-hydrogen) atoms. The molecule has 1 aliphatic rings. The molecule has 0 radical (unpaired) electrons. The molecule has 0 N–H and O–H groups in total. The van der Waals surface area contributed by atoms with Crippen molar-refractivity contribution in [3.63, 3.8) is 0 Å². The number of hydrogen-bond donors (Lipinski definition) is 0. The number of aromatic nitrogens is 2. The number of hydrogen-bond acceptors (Lipinski definition) is 1. The molecule has 0 saturated heterocycles. The first-order valence-electron chi connectivity index (χ1n) is 11.0. The second-order valence-corrected chi connectivity index (χ2v) is 16.2. The van der Waals surface area contributed by atoms with Gasteiger partial charge < -0.3 is 0 Å². The predicted octanol–water partition coefficient (Wildman–Crippen LogP) is 3.87. The van der Waals surface area contributed by atoms with Crippen molar-refractivity contribution in [2.24, 2.45) is 0 Å². The van der Waals surface area contributed by atoms with E-state index in [0.717, 1.165) is 5.82 Å². The Balaban J connectivity index is 1.79. The van der Waals surface area contributed by atoms with Gasteiger partial charge in [-0.2, -0.15) is 0 Å². The van der Waals surface area contributed by atoms with E-state index in [1.54, 1.807) is 0 Å². The topological polar surface area (TPSA) is 17.8 Å². The molecule has 6 aromatic rings. The molecule has 2 aromatic heterocycles. The summed E-state index contributed by atoms with van der Waals surface area (Å²) in [6.07, 6.45) is 1.94. The number of para-hydroxylation sites is 2. The Morgan fingerprint density at radius 1 is 0.531 bits per heavy atom. The van der Waals surface area contributed by atoms with Gasteiger partial charge in [-0.15, -0.1) is 0 Å². The van der Waals surface area contributed by atoms with Crippen LogP contribution in [0.4, 0.5) is 0 Å². The minimum atomic E-state index is -3.29. The minimum absolute atomic E-state index is 1.09. The first-order valence-corrected chi connectivity index (χ1v) is 15.2. The molecule has 4 aromatic carbocycles. The first kappa shape index (κ1) is 18.0. The number of fused-ring (bicyclic) bond motifs is 5. The Labute approximate surface area is 189 Å². The van der Waals surface area contributed by atoms with Gasteiger partial charge in [0.15, 0.2) is 0 Å². The Bertz CT molecular complexity index is 1580. The molecule has 0 bridgehead atoms. The van der Waals surface area contributed by atoms with Gasteiger partial charge in [0, 0.05) is 0 Å². The van der Waals surface area contributed by atoms with E-state index in [4.69, 9.17) is 4.98 Å². The van der Waals surface area contributed by atoms with Gasteiger partial charge in [-0.3, -0.25) is 0 Å². The molecule has 0 unspecified atom stereocenters. The van der Waals surface area contributed by atoms with Crippen molar-refractivity contribution in [2.75, 3.05) is 0 Å². The van der Waals surface area contributed by atoms with Gasteiger partial charge in [0.2, 0.25) is 0 Å². The van der Waals surface area contributed by atoms with Crippen LogP contribution in [0.15, 0.2) is 121 Å². The molecule has 0 atom stereocenters. The van der Waals surface area contributed by atoms with E-state index < -0.39 is 13.3 Å². The van der Waals surface area contributed by atoms with Crippen LogP contribution in [0, 0.1) is 0 Å². The van der Waals surface area contributed by atoms with Crippen LogP contribution in [0.25, 0.3) is 27.6 Å². The zero-order chi connectivity index (χ0) is 21.1. The normalized spacial score (nSPS) is 13.9. The second-order valence-electron chi connectivity index (χ2n) is 8.41. The summed E-state index contributed by atoms with van der Waals surface area (Å²) in [6, 6.07) is 42.4. The van der Waals surface area contributed by atoms with Crippen LogP contribution in [0.2, 0.25) is 0 Å². The summed E-state index contributed by atoms with van der Waals surface area (Å²) in [6.45, 7) is 0. The van der Waals surface area contributed by atoms with Crippen molar-refractivity contribution < 1.29 is 0 Å². The monoisotopic (exact) mass is 470 g/mol. The first-order chi connectivity index (χ1) is 15.9. The molecule has 7 rings (SSSR count). The van der Waals surface area contributed by atoms with Gasteiger partial charge >= 0.3 is 189 Å². The van der Waals surface area contributed by atoms with Crippen molar-refractivity contribution in [3.05, 3.63) is 121 Å². The number of benzene rings is 4. The van der Waals surface area contributed by atoms with Crippen LogP contribution in [0.1, 0.15) is 0 Å². The third kappa shape index (κ3) is 2.17. The predicted molar refractivity (Wildman–Crippen MR) is 136 cm³/mol. The average Bonchev–Trinajstić information content (AvgIpc) is 3.22. The SMILES string of the molecule is c1cc[c]([Ge]2([c]3ccccc3)[c]3cccnc3-n3c4ccccc4c4ccc[c]2c43)cc1. The third-order valence-corrected chi connectivity index (χ3v) is 17.0. The van der Waals surface area contributed by atoms with Crippen LogP contribution in [-0.2, 0) is 0 Å². The van der Waals surface area contributed by atoms with E-state index >= 15 is 0 Å². The van der Waals surface area contributed by atoms with Crippen molar-refractivity contribution in [2.45, 2.75) is 0 Å². The van der Waals surface area contributed by atoms with E-state index in [-0.39, 0.29) is 0 Å². The summed E-state index contributed by atoms with van der Waals surface area (Å²) in [4.78, 5) is 5.02. The van der Waals surface area contributed by atoms with Crippen LogP contribution >= 0.6 is 0 Å². The molecule has 3 heterocycles. The molecule has 150 valence electrons. The Morgan fingerprint density at radius 2 is 1.16 bits per heavy atom. The Kier molecular flexibility index (Phi) is 3.76. The average molecular weight is 469 g/mol. The fourth-order valence-corrected chi connectivity index (χ4v) is 16.3. The Hall–Kier alpha value is -3.63. The maximum atomic E-state index is 5.02. The van der Waals surface area contributed by atoms with E-state index in [0.29, 0.717) is 0 Å². The maximum absolute atomic E-state index is 5.02. The van der Waals surface area contributed by atoms with Crippen LogP contribution in [0.5, 0.6) is 0 Å². The summed E-state index contributed by atoms with van der Waals surface area (Å²) < 4.78 is 8.17. The van der Waals surface area contributed by atoms with Gasteiger partial charge in [0.05, 0.1) is 0 Å². The fourth-order valence-electron chi connectivity index (χ4n) is 5.72. The van der Waals surface area contributed by atoms with Crippen molar-refractivity contribution in [3.8, 4) is 5.82 Å². The molecule has 0 spiro atoms. The van der Waals surface area contributed by atoms with Gasteiger partial charge in [0.1, 0.15) is 0 Å². The second kappa shape index (κ2) is 6.68. The summed E-state index contributed by atoms with van der Waals surface area (Å²) in [5.74, 6) is 1.09. The molecule has 3 heteroatoms. The zero-order valence-corrected chi connectivity index (χ0v) is 19.5. The fraction of sp³-hybridized carbons (Fsp3) is 0. The van der Waals surface area contributed by atoms with Gasteiger partial charge in [-0.25, -0.2) is 0 Å². The standard InChI is InChI=1S/C29H20GeN2/c1-3-11-21(12-4-1)30(22-13-5-2-6-14-22)25-17-9-16-24-23-15-7-8-19-27(23)32(28(24)25)29-26(30)18-10-20-31-29/h1-20H. The third-order valence-electron chi connectivity index (χ3n) is 6.91. The van der Waals surface area contributed by atoms with Crippen LogP contribution in [0.3, 0.4) is 0 Å². The van der Waals surface area contributed by atoms with Crippen molar-refractivity contribution in [1.29, 1.82) is 0 Å². The van der Waals surface area contributed by atoms with E-state index in [2.05, 4.69) is 120 Å². The molecule has 1 aliphatic heterocycles. The summed E-state index contributed by atoms with van der Waals surface area (Å²) in [5, 5.41) is 2.61. The molecular weight excluding hydrogens is 449 g/mol. The van der Waals surface area contributed by atoms with Crippen molar-refractivity contribution >= 4 is 52.7 Å². The molecule has 0 amide bonds. The van der Waals surface area contributed by atoms with Gasteiger partial charge in [-0.1, -0.05) is 0 Å². The van der Waals surface area contributed by atoms with E-state index in [1.165, 1.54) is 39.4 Å². The van der Waals surface area contributed by atoms with E-state index in [9.17, 15) is 0 Å². The molecule has 0 fully saturated rings. The summed E-state index contributed by atoms with van der Waals surface area (Å²) >= 11 is -3.29. The number of rotatable bonds is 2. The van der Waals surface area contributed by atoms with E-state index in [1.807, 2.05) is 6.20 Å².